The number of nitrogens with zero attached hydrogens (tertiary/aromatic N) is 1. The highest BCUT2D eigenvalue weighted by molar-refractivity contribution is 8.18. The number of methoxy groups -OCH3 is 1. The van der Waals surface area contributed by atoms with Gasteiger partial charge in [0.15, 0.2) is 0 Å². The molecule has 2 heterocycles. The van der Waals surface area contributed by atoms with E-state index in [2.05, 4.69) is 10.2 Å². The molecule has 3 N–H and O–H groups in total. The summed E-state index contributed by atoms with van der Waals surface area (Å²) in [6.45, 7) is 2.50. The van der Waals surface area contributed by atoms with Crippen LogP contribution in [0.4, 0.5) is 10.5 Å². The molecule has 3 rings (SSSR count). The first-order chi connectivity index (χ1) is 12.6. The SMILES string of the molecule is COCCOc1cccc(C=C2SC(=O)NC2=O)c1N1CCCC(N)C1. The Kier molecular flexibility index (Phi) is 6.18. The van der Waals surface area contributed by atoms with E-state index in [1.54, 1.807) is 13.2 Å². The smallest absolute Gasteiger partial charge is 0.290 e. The molecule has 2 amide bonds. The van der Waals surface area contributed by atoms with E-state index in [4.69, 9.17) is 15.2 Å². The predicted molar refractivity (Wildman–Crippen MR) is 102 cm³/mol. The Balaban J connectivity index is 1.97. The van der Waals surface area contributed by atoms with Crippen LogP contribution in [0, 0.1) is 0 Å². The van der Waals surface area contributed by atoms with E-state index in [0.29, 0.717) is 18.1 Å². The van der Waals surface area contributed by atoms with Gasteiger partial charge in [-0.05, 0) is 36.7 Å². The normalized spacial score (nSPS) is 22.0. The predicted octanol–water partition coefficient (Wildman–Crippen LogP) is 1.96. The first-order valence-corrected chi connectivity index (χ1v) is 9.40. The van der Waals surface area contributed by atoms with Crippen molar-refractivity contribution in [1.29, 1.82) is 0 Å². The number of hydrogen-bond acceptors (Lipinski definition) is 7. The summed E-state index contributed by atoms with van der Waals surface area (Å²) in [6, 6.07) is 5.80. The molecule has 2 aliphatic rings. The van der Waals surface area contributed by atoms with Gasteiger partial charge in [0.25, 0.3) is 11.1 Å². The molecule has 0 aliphatic carbocycles. The molecule has 0 radical (unpaired) electrons. The number of anilines is 1. The Morgan fingerprint density at radius 2 is 2.23 bits per heavy atom. The molecule has 140 valence electrons. The number of hydrogen-bond donors (Lipinski definition) is 2. The Morgan fingerprint density at radius 1 is 1.38 bits per heavy atom. The van der Waals surface area contributed by atoms with Crippen LogP contribution in [-0.2, 0) is 9.53 Å². The minimum atomic E-state index is -0.369. The summed E-state index contributed by atoms with van der Waals surface area (Å²) in [7, 11) is 1.63. The molecule has 0 aromatic heterocycles. The number of carbonyl (C=O) groups is 2. The van der Waals surface area contributed by atoms with Crippen molar-refractivity contribution in [1.82, 2.24) is 5.32 Å². The van der Waals surface area contributed by atoms with Crippen LogP contribution in [0.25, 0.3) is 6.08 Å². The quantitative estimate of drug-likeness (QED) is 0.578. The zero-order valence-corrected chi connectivity index (χ0v) is 15.5. The Hall–Kier alpha value is -2.03. The maximum atomic E-state index is 11.9. The van der Waals surface area contributed by atoms with Crippen molar-refractivity contribution in [2.24, 2.45) is 5.73 Å². The van der Waals surface area contributed by atoms with Crippen molar-refractivity contribution in [3.05, 3.63) is 28.7 Å². The summed E-state index contributed by atoms with van der Waals surface area (Å²) < 4.78 is 11.0. The van der Waals surface area contributed by atoms with Gasteiger partial charge in [0.05, 0.1) is 17.2 Å². The lowest BCUT2D eigenvalue weighted by Gasteiger charge is -2.34. The van der Waals surface area contributed by atoms with Gasteiger partial charge in [-0.2, -0.15) is 0 Å². The van der Waals surface area contributed by atoms with Gasteiger partial charge in [0.2, 0.25) is 0 Å². The van der Waals surface area contributed by atoms with Crippen molar-refractivity contribution >= 4 is 34.7 Å². The first kappa shape index (κ1) is 18.8. The van der Waals surface area contributed by atoms with E-state index in [1.807, 2.05) is 18.2 Å². The van der Waals surface area contributed by atoms with Gasteiger partial charge in [0.1, 0.15) is 12.4 Å². The van der Waals surface area contributed by atoms with Gasteiger partial charge in [-0.3, -0.25) is 14.9 Å². The molecule has 2 saturated heterocycles. The van der Waals surface area contributed by atoms with E-state index in [9.17, 15) is 9.59 Å². The van der Waals surface area contributed by atoms with E-state index in [0.717, 1.165) is 54.7 Å². The Morgan fingerprint density at radius 3 is 2.92 bits per heavy atom. The third-order valence-electron chi connectivity index (χ3n) is 4.28. The molecule has 0 saturated carbocycles. The monoisotopic (exact) mass is 377 g/mol. The number of para-hydroxylation sites is 1. The van der Waals surface area contributed by atoms with Gasteiger partial charge >= 0.3 is 0 Å². The summed E-state index contributed by atoms with van der Waals surface area (Å²) in [5, 5.41) is 1.93. The number of nitrogens with one attached hydrogen (secondary N) is 1. The number of benzene rings is 1. The summed E-state index contributed by atoms with van der Waals surface area (Å²) in [4.78, 5) is 25.9. The van der Waals surface area contributed by atoms with Crippen molar-refractivity contribution in [2.45, 2.75) is 18.9 Å². The van der Waals surface area contributed by atoms with Crippen LogP contribution in [0.3, 0.4) is 0 Å². The van der Waals surface area contributed by atoms with Crippen molar-refractivity contribution in [3.8, 4) is 5.75 Å². The summed E-state index contributed by atoms with van der Waals surface area (Å²) >= 11 is 0.909. The van der Waals surface area contributed by atoms with Crippen LogP contribution >= 0.6 is 11.8 Å². The average Bonchev–Trinajstić information content (AvgIpc) is 2.92. The number of amides is 2. The first-order valence-electron chi connectivity index (χ1n) is 8.58. The second-order valence-electron chi connectivity index (χ2n) is 6.24. The third-order valence-corrected chi connectivity index (χ3v) is 5.09. The Labute approximate surface area is 156 Å². The topological polar surface area (TPSA) is 93.9 Å². The molecular weight excluding hydrogens is 354 g/mol. The number of thioether (sulfide) groups is 1. The fourth-order valence-corrected chi connectivity index (χ4v) is 3.79. The second kappa shape index (κ2) is 8.57. The van der Waals surface area contributed by atoms with Gasteiger partial charge in [0, 0.05) is 31.8 Å². The van der Waals surface area contributed by atoms with Gasteiger partial charge in [-0.15, -0.1) is 0 Å². The van der Waals surface area contributed by atoms with E-state index >= 15 is 0 Å². The highest BCUT2D eigenvalue weighted by atomic mass is 32.2. The maximum Gasteiger partial charge on any atom is 0.290 e. The third kappa shape index (κ3) is 4.38. The van der Waals surface area contributed by atoms with Crippen LogP contribution in [-0.4, -0.2) is 50.6 Å². The number of piperidine rings is 1. The van der Waals surface area contributed by atoms with Crippen LogP contribution < -0.4 is 20.7 Å². The zero-order chi connectivity index (χ0) is 18.5. The molecule has 1 unspecified atom stereocenters. The van der Waals surface area contributed by atoms with Crippen LogP contribution in [0.1, 0.15) is 18.4 Å². The number of ether oxygens (including phenoxy) is 2. The minimum absolute atomic E-state index is 0.0991. The number of nitrogens with two attached hydrogens (primary N) is 1. The zero-order valence-electron chi connectivity index (χ0n) is 14.7. The number of carbonyl (C=O) groups excluding carboxylic acids is 2. The fourth-order valence-electron chi connectivity index (χ4n) is 3.12. The molecule has 8 heteroatoms. The fraction of sp³-hybridized carbons (Fsp3) is 0.444. The lowest BCUT2D eigenvalue weighted by Crippen LogP contribution is -2.43. The molecular formula is C18H23N3O4S. The van der Waals surface area contributed by atoms with Crippen LogP contribution in [0.2, 0.25) is 0 Å². The second-order valence-corrected chi connectivity index (χ2v) is 7.25. The molecule has 1 aromatic rings. The van der Waals surface area contributed by atoms with Crippen molar-refractivity contribution in [2.75, 3.05) is 38.3 Å². The number of rotatable bonds is 6. The molecule has 0 spiro atoms. The van der Waals surface area contributed by atoms with E-state index < -0.39 is 0 Å². The summed E-state index contributed by atoms with van der Waals surface area (Å²) in [6.07, 6.45) is 3.73. The molecule has 1 atom stereocenters. The Bertz CT molecular complexity index is 722. The summed E-state index contributed by atoms with van der Waals surface area (Å²) in [5.41, 5.74) is 7.89. The lowest BCUT2D eigenvalue weighted by atomic mass is 10.0. The molecule has 26 heavy (non-hydrogen) atoms. The highest BCUT2D eigenvalue weighted by Crippen LogP contribution is 2.37. The van der Waals surface area contributed by atoms with Gasteiger partial charge in [-0.25, -0.2) is 0 Å². The average molecular weight is 377 g/mol. The standard InChI is InChI=1S/C18H23N3O4S/c1-24-8-9-25-14-6-2-4-12(10-15-17(22)20-18(23)26-15)16(14)21-7-3-5-13(19)11-21/h2,4,6,10,13H,3,5,7-9,11,19H2,1H3,(H,20,22,23). The molecule has 1 aromatic carbocycles. The van der Waals surface area contributed by atoms with E-state index in [1.165, 1.54) is 0 Å². The molecule has 0 bridgehead atoms. The number of imide groups is 1. The largest absolute Gasteiger partial charge is 0.489 e. The molecule has 2 fully saturated rings. The van der Waals surface area contributed by atoms with Crippen molar-refractivity contribution in [3.63, 3.8) is 0 Å². The van der Waals surface area contributed by atoms with Crippen LogP contribution in [0.5, 0.6) is 5.75 Å². The van der Waals surface area contributed by atoms with E-state index in [-0.39, 0.29) is 17.2 Å². The van der Waals surface area contributed by atoms with Gasteiger partial charge in [-0.1, -0.05) is 12.1 Å². The molecule has 7 nitrogen and oxygen atoms in total. The molecule has 2 aliphatic heterocycles. The van der Waals surface area contributed by atoms with Crippen molar-refractivity contribution < 1.29 is 19.1 Å². The lowest BCUT2D eigenvalue weighted by molar-refractivity contribution is -0.115. The van der Waals surface area contributed by atoms with Gasteiger partial charge < -0.3 is 20.1 Å². The van der Waals surface area contributed by atoms with Crippen LogP contribution in [0.15, 0.2) is 23.1 Å². The highest BCUT2D eigenvalue weighted by Gasteiger charge is 2.27. The minimum Gasteiger partial charge on any atom is -0.489 e. The summed E-state index contributed by atoms with van der Waals surface area (Å²) in [5.74, 6) is 0.354. The maximum absolute atomic E-state index is 11.9.